The van der Waals surface area contributed by atoms with Gasteiger partial charge in [0, 0.05) is 23.4 Å². The highest BCUT2D eigenvalue weighted by Crippen LogP contribution is 2.38. The number of aromatic nitrogens is 2. The third-order valence-electron chi connectivity index (χ3n) is 6.46. The normalized spacial score (nSPS) is 15.4. The minimum absolute atomic E-state index is 0.0422. The number of thiophene rings is 1. The third kappa shape index (κ3) is 4.08. The van der Waals surface area contributed by atoms with Crippen LogP contribution in [-0.2, 0) is 30.5 Å². The van der Waals surface area contributed by atoms with Crippen molar-refractivity contribution >= 4 is 39.1 Å². The van der Waals surface area contributed by atoms with Crippen molar-refractivity contribution in [3.8, 4) is 0 Å². The Kier molecular flexibility index (Phi) is 6.01. The molecule has 33 heavy (non-hydrogen) atoms. The molecule has 1 aromatic carbocycles. The second-order valence-corrected chi connectivity index (χ2v) is 9.72. The molecule has 1 amide bonds. The SMILES string of the molecule is CCOC(=O)c1c(NC(=O)c2ccc3c(=O)n4c(nc3c2)CCCCC4)sc2c1CCCC2. The van der Waals surface area contributed by atoms with Crippen molar-refractivity contribution in [2.75, 3.05) is 11.9 Å². The van der Waals surface area contributed by atoms with Crippen LogP contribution in [0.3, 0.4) is 0 Å². The van der Waals surface area contributed by atoms with Crippen LogP contribution in [0.4, 0.5) is 5.00 Å². The van der Waals surface area contributed by atoms with Gasteiger partial charge in [0.05, 0.1) is 23.1 Å². The van der Waals surface area contributed by atoms with E-state index in [1.165, 1.54) is 11.3 Å². The van der Waals surface area contributed by atoms with Crippen LogP contribution in [0, 0.1) is 0 Å². The zero-order valence-corrected chi connectivity index (χ0v) is 19.6. The summed E-state index contributed by atoms with van der Waals surface area (Å²) in [6.07, 6.45) is 7.69. The number of ether oxygens (including phenoxy) is 1. The molecule has 3 heterocycles. The molecule has 1 N–H and O–H groups in total. The first kappa shape index (κ1) is 21.8. The summed E-state index contributed by atoms with van der Waals surface area (Å²) in [5.74, 6) is 0.0825. The van der Waals surface area contributed by atoms with Crippen LogP contribution in [0.25, 0.3) is 10.9 Å². The maximum Gasteiger partial charge on any atom is 0.341 e. The summed E-state index contributed by atoms with van der Waals surface area (Å²) in [7, 11) is 0. The van der Waals surface area contributed by atoms with Gasteiger partial charge in [-0.2, -0.15) is 0 Å². The summed E-state index contributed by atoms with van der Waals surface area (Å²) in [6.45, 7) is 2.76. The van der Waals surface area contributed by atoms with E-state index in [4.69, 9.17) is 9.72 Å². The summed E-state index contributed by atoms with van der Waals surface area (Å²) in [4.78, 5) is 44.7. The minimum atomic E-state index is -0.386. The van der Waals surface area contributed by atoms with Crippen molar-refractivity contribution in [3.63, 3.8) is 0 Å². The summed E-state index contributed by atoms with van der Waals surface area (Å²) in [5.41, 5.74) is 2.41. The zero-order chi connectivity index (χ0) is 22.9. The molecule has 2 aromatic heterocycles. The number of carbonyl (C=O) groups is 2. The molecule has 2 aliphatic rings. The molecule has 8 heteroatoms. The molecule has 0 fully saturated rings. The highest BCUT2D eigenvalue weighted by molar-refractivity contribution is 7.17. The van der Waals surface area contributed by atoms with E-state index in [9.17, 15) is 14.4 Å². The molecule has 172 valence electrons. The molecule has 0 saturated carbocycles. The first-order valence-electron chi connectivity index (χ1n) is 11.7. The number of nitrogens with one attached hydrogen (secondary N) is 1. The van der Waals surface area contributed by atoms with E-state index in [1.807, 2.05) is 0 Å². The standard InChI is InChI=1S/C25H27N3O4S/c1-2-32-25(31)21-17-8-5-6-9-19(17)33-23(21)27-22(29)15-11-12-16-18(14-15)26-20-10-4-3-7-13-28(20)24(16)30/h11-12,14H,2-10,13H2,1H3,(H,27,29). The highest BCUT2D eigenvalue weighted by atomic mass is 32.1. The summed E-state index contributed by atoms with van der Waals surface area (Å²) in [5, 5.41) is 4.01. The lowest BCUT2D eigenvalue weighted by Gasteiger charge is -2.12. The number of hydrogen-bond donors (Lipinski definition) is 1. The Morgan fingerprint density at radius 2 is 1.94 bits per heavy atom. The van der Waals surface area contributed by atoms with Crippen molar-refractivity contribution in [1.29, 1.82) is 0 Å². The fraction of sp³-hybridized carbons (Fsp3) is 0.440. The Labute approximate surface area is 195 Å². The summed E-state index contributed by atoms with van der Waals surface area (Å²) in [6, 6.07) is 5.01. The molecule has 0 radical (unpaired) electrons. The van der Waals surface area contributed by atoms with Gasteiger partial charge in [-0.3, -0.25) is 14.2 Å². The van der Waals surface area contributed by atoms with Crippen molar-refractivity contribution in [2.24, 2.45) is 0 Å². The number of fused-ring (bicyclic) bond motifs is 3. The van der Waals surface area contributed by atoms with Crippen molar-refractivity contribution < 1.29 is 14.3 Å². The predicted octanol–water partition coefficient (Wildman–Crippen LogP) is 4.49. The maximum absolute atomic E-state index is 13.2. The van der Waals surface area contributed by atoms with Crippen LogP contribution in [0.2, 0.25) is 0 Å². The van der Waals surface area contributed by atoms with Crippen molar-refractivity contribution in [1.82, 2.24) is 9.55 Å². The van der Waals surface area contributed by atoms with E-state index in [0.29, 0.717) is 33.6 Å². The van der Waals surface area contributed by atoms with E-state index in [0.717, 1.165) is 67.6 Å². The quantitative estimate of drug-likeness (QED) is 0.573. The second-order valence-electron chi connectivity index (χ2n) is 8.62. The van der Waals surface area contributed by atoms with Gasteiger partial charge in [-0.25, -0.2) is 9.78 Å². The van der Waals surface area contributed by atoms with E-state index in [-0.39, 0.29) is 24.0 Å². The first-order valence-corrected chi connectivity index (χ1v) is 12.5. The van der Waals surface area contributed by atoms with E-state index < -0.39 is 0 Å². The lowest BCUT2D eigenvalue weighted by atomic mass is 9.95. The van der Waals surface area contributed by atoms with Crippen molar-refractivity contribution in [3.05, 3.63) is 55.9 Å². The van der Waals surface area contributed by atoms with Crippen LogP contribution < -0.4 is 10.9 Å². The van der Waals surface area contributed by atoms with Gasteiger partial charge in [0.2, 0.25) is 0 Å². The van der Waals surface area contributed by atoms with Gasteiger partial charge >= 0.3 is 5.97 Å². The average molecular weight is 466 g/mol. The Bertz CT molecular complexity index is 1310. The summed E-state index contributed by atoms with van der Waals surface area (Å²) >= 11 is 1.46. The second kappa shape index (κ2) is 9.09. The Hall–Kier alpha value is -3.00. The Morgan fingerprint density at radius 3 is 2.79 bits per heavy atom. The van der Waals surface area contributed by atoms with Crippen LogP contribution in [0.15, 0.2) is 23.0 Å². The number of benzene rings is 1. The highest BCUT2D eigenvalue weighted by Gasteiger charge is 2.27. The van der Waals surface area contributed by atoms with E-state index >= 15 is 0 Å². The fourth-order valence-electron chi connectivity index (χ4n) is 4.81. The fourth-order valence-corrected chi connectivity index (χ4v) is 6.08. The number of aryl methyl sites for hydroxylation is 2. The van der Waals surface area contributed by atoms with Gasteiger partial charge < -0.3 is 10.1 Å². The molecule has 0 saturated heterocycles. The number of esters is 1. The number of amides is 1. The number of rotatable bonds is 4. The van der Waals surface area contributed by atoms with Crippen LogP contribution in [0.5, 0.6) is 0 Å². The third-order valence-corrected chi connectivity index (χ3v) is 7.66. The predicted molar refractivity (Wildman–Crippen MR) is 128 cm³/mol. The molecule has 0 atom stereocenters. The lowest BCUT2D eigenvalue weighted by Crippen LogP contribution is -2.24. The van der Waals surface area contributed by atoms with E-state index in [2.05, 4.69) is 5.32 Å². The van der Waals surface area contributed by atoms with Gasteiger partial charge in [-0.1, -0.05) is 6.42 Å². The zero-order valence-electron chi connectivity index (χ0n) is 18.7. The van der Waals surface area contributed by atoms with Crippen LogP contribution in [0.1, 0.15) is 76.0 Å². The van der Waals surface area contributed by atoms with E-state index in [1.54, 1.807) is 29.7 Å². The van der Waals surface area contributed by atoms with Gasteiger partial charge in [0.15, 0.2) is 0 Å². The molecule has 0 bridgehead atoms. The Morgan fingerprint density at radius 1 is 1.12 bits per heavy atom. The van der Waals surface area contributed by atoms with Crippen molar-refractivity contribution in [2.45, 2.75) is 64.8 Å². The largest absolute Gasteiger partial charge is 0.462 e. The average Bonchev–Trinajstić information content (AvgIpc) is 3.00. The topological polar surface area (TPSA) is 90.3 Å². The van der Waals surface area contributed by atoms with Crippen LogP contribution in [-0.4, -0.2) is 28.0 Å². The maximum atomic E-state index is 13.2. The molecular weight excluding hydrogens is 438 g/mol. The molecule has 5 rings (SSSR count). The number of nitrogens with zero attached hydrogens (tertiary/aromatic N) is 2. The number of hydrogen-bond acceptors (Lipinski definition) is 6. The minimum Gasteiger partial charge on any atom is -0.462 e. The molecule has 3 aromatic rings. The van der Waals surface area contributed by atoms with Crippen LogP contribution >= 0.6 is 11.3 Å². The first-order chi connectivity index (χ1) is 16.1. The molecular formula is C25H27N3O4S. The molecule has 0 unspecified atom stereocenters. The lowest BCUT2D eigenvalue weighted by molar-refractivity contribution is 0.0526. The molecule has 1 aliphatic heterocycles. The molecule has 7 nitrogen and oxygen atoms in total. The van der Waals surface area contributed by atoms with Gasteiger partial charge in [0.1, 0.15) is 10.8 Å². The summed E-state index contributed by atoms with van der Waals surface area (Å²) < 4.78 is 7.06. The van der Waals surface area contributed by atoms with Gasteiger partial charge in [0.25, 0.3) is 11.5 Å². The van der Waals surface area contributed by atoms with Gasteiger partial charge in [-0.15, -0.1) is 11.3 Å². The molecule has 0 spiro atoms. The number of anilines is 1. The molecule has 1 aliphatic carbocycles. The monoisotopic (exact) mass is 465 g/mol. The number of carbonyl (C=O) groups excluding carboxylic acids is 2. The smallest absolute Gasteiger partial charge is 0.341 e. The van der Waals surface area contributed by atoms with Gasteiger partial charge in [-0.05, 0) is 69.2 Å². The Balaban J connectivity index is 1.49.